The van der Waals surface area contributed by atoms with Crippen LogP contribution in [0.1, 0.15) is 24.9 Å². The van der Waals surface area contributed by atoms with Gasteiger partial charge in [-0.05, 0) is 39.6 Å². The Balaban J connectivity index is 1.65. The lowest BCUT2D eigenvalue weighted by molar-refractivity contribution is -0.126. The summed E-state index contributed by atoms with van der Waals surface area (Å²) in [5.41, 5.74) is 4.05. The number of aryl methyl sites for hydroxylation is 1. The van der Waals surface area contributed by atoms with Crippen molar-refractivity contribution in [2.24, 2.45) is 0 Å². The molecule has 0 spiro atoms. The zero-order valence-corrected chi connectivity index (χ0v) is 19.8. The number of anilines is 1. The van der Waals surface area contributed by atoms with Gasteiger partial charge in [0.1, 0.15) is 0 Å². The van der Waals surface area contributed by atoms with Gasteiger partial charge in [-0.1, -0.05) is 12.1 Å². The van der Waals surface area contributed by atoms with Crippen LogP contribution < -0.4 is 10.2 Å². The summed E-state index contributed by atoms with van der Waals surface area (Å²) >= 11 is 0. The number of rotatable bonds is 7. The van der Waals surface area contributed by atoms with Gasteiger partial charge < -0.3 is 25.3 Å². The number of aliphatic hydroxyl groups is 2. The van der Waals surface area contributed by atoms with Crippen molar-refractivity contribution in [3.63, 3.8) is 0 Å². The van der Waals surface area contributed by atoms with Gasteiger partial charge in [0, 0.05) is 62.3 Å². The van der Waals surface area contributed by atoms with Crippen molar-refractivity contribution in [3.8, 4) is 11.3 Å². The number of carbonyl (C=O) groups is 1. The average Bonchev–Trinajstić information content (AvgIpc) is 3.43. The molecule has 3 unspecified atom stereocenters. The van der Waals surface area contributed by atoms with E-state index in [4.69, 9.17) is 0 Å². The quantitative estimate of drug-likeness (QED) is 0.559. The molecule has 4 rings (SSSR count). The SMILES string of the molecule is CCn1nccc1-c1ccc(C(CO)NC(=O)C2CC(O)CN2C)c(N2CCN(C)CC2)c1. The molecule has 2 aliphatic rings. The molecule has 0 saturated carbocycles. The van der Waals surface area contributed by atoms with E-state index in [1.54, 1.807) is 0 Å². The number of piperazine rings is 1. The maximum absolute atomic E-state index is 13.0. The summed E-state index contributed by atoms with van der Waals surface area (Å²) in [5.74, 6) is -0.162. The van der Waals surface area contributed by atoms with Crippen LogP contribution in [0.2, 0.25) is 0 Å². The molecule has 33 heavy (non-hydrogen) atoms. The first-order chi connectivity index (χ1) is 15.9. The molecule has 0 radical (unpaired) electrons. The normalized spacial score (nSPS) is 23.1. The summed E-state index contributed by atoms with van der Waals surface area (Å²) < 4.78 is 1.97. The molecule has 2 saturated heterocycles. The fourth-order valence-corrected chi connectivity index (χ4v) is 4.92. The Morgan fingerprint density at radius 2 is 1.97 bits per heavy atom. The molecule has 1 amide bonds. The second-order valence-electron chi connectivity index (χ2n) is 9.18. The fraction of sp³-hybridized carbons (Fsp3) is 0.583. The van der Waals surface area contributed by atoms with E-state index >= 15 is 0 Å². The number of carbonyl (C=O) groups excluding carboxylic acids is 1. The number of benzene rings is 1. The highest BCUT2D eigenvalue weighted by atomic mass is 16.3. The molecule has 3 N–H and O–H groups in total. The fourth-order valence-electron chi connectivity index (χ4n) is 4.92. The monoisotopic (exact) mass is 456 g/mol. The number of aliphatic hydroxyl groups excluding tert-OH is 2. The number of nitrogens with one attached hydrogen (secondary N) is 1. The van der Waals surface area contributed by atoms with E-state index in [0.29, 0.717) is 13.0 Å². The number of likely N-dealkylation sites (tertiary alicyclic amines) is 1. The first-order valence-corrected chi connectivity index (χ1v) is 11.8. The molecule has 2 aliphatic heterocycles. The molecular weight excluding hydrogens is 420 g/mol. The second-order valence-corrected chi connectivity index (χ2v) is 9.18. The van der Waals surface area contributed by atoms with Gasteiger partial charge in [-0.2, -0.15) is 5.10 Å². The predicted octanol–water partition coefficient (Wildman–Crippen LogP) is 0.536. The van der Waals surface area contributed by atoms with E-state index in [1.807, 2.05) is 41.0 Å². The summed E-state index contributed by atoms with van der Waals surface area (Å²) in [5, 5.41) is 27.7. The molecular formula is C24H36N6O3. The minimum absolute atomic E-state index is 0.162. The van der Waals surface area contributed by atoms with Crippen molar-refractivity contribution in [1.29, 1.82) is 0 Å². The van der Waals surface area contributed by atoms with Crippen LogP contribution in [0.5, 0.6) is 0 Å². The van der Waals surface area contributed by atoms with Gasteiger partial charge in [-0.15, -0.1) is 0 Å². The van der Waals surface area contributed by atoms with Crippen molar-refractivity contribution < 1.29 is 15.0 Å². The molecule has 1 aromatic carbocycles. The maximum Gasteiger partial charge on any atom is 0.238 e. The highest BCUT2D eigenvalue weighted by Gasteiger charge is 2.35. The van der Waals surface area contributed by atoms with Crippen LogP contribution in [0.4, 0.5) is 5.69 Å². The number of hydrogen-bond acceptors (Lipinski definition) is 7. The summed E-state index contributed by atoms with van der Waals surface area (Å²) in [7, 11) is 3.97. The van der Waals surface area contributed by atoms with Crippen LogP contribution in [-0.2, 0) is 11.3 Å². The highest BCUT2D eigenvalue weighted by Crippen LogP contribution is 2.33. The van der Waals surface area contributed by atoms with Crippen molar-refractivity contribution in [3.05, 3.63) is 36.0 Å². The summed E-state index contributed by atoms with van der Waals surface area (Å²) in [6, 6.07) is 7.31. The predicted molar refractivity (Wildman–Crippen MR) is 128 cm³/mol. The number of nitrogens with zero attached hydrogens (tertiary/aromatic N) is 5. The Bertz CT molecular complexity index is 955. The number of aromatic nitrogens is 2. The zero-order chi connectivity index (χ0) is 23.5. The first-order valence-electron chi connectivity index (χ1n) is 11.8. The van der Waals surface area contributed by atoms with Gasteiger partial charge in [0.25, 0.3) is 0 Å². The Hall–Kier alpha value is -2.46. The Labute approximate surface area is 195 Å². The third kappa shape index (κ3) is 5.06. The standard InChI is InChI=1S/C24H36N6O3/c1-4-30-21(7-8-25-30)17-5-6-19(22(13-17)29-11-9-27(2)10-12-29)20(16-31)26-24(33)23-14-18(32)15-28(23)3/h5-8,13,18,20,23,31-32H,4,9-12,14-16H2,1-3H3,(H,26,33). The van der Waals surface area contributed by atoms with E-state index in [0.717, 1.165) is 55.2 Å². The molecule has 3 atom stereocenters. The minimum Gasteiger partial charge on any atom is -0.394 e. The third-order valence-electron chi connectivity index (χ3n) is 6.89. The van der Waals surface area contributed by atoms with E-state index in [9.17, 15) is 15.0 Å². The number of likely N-dealkylation sites (N-methyl/N-ethyl adjacent to an activating group) is 2. The smallest absolute Gasteiger partial charge is 0.238 e. The summed E-state index contributed by atoms with van der Waals surface area (Å²) in [4.78, 5) is 19.5. The van der Waals surface area contributed by atoms with Crippen LogP contribution in [0.15, 0.2) is 30.5 Å². The largest absolute Gasteiger partial charge is 0.394 e. The number of hydrogen-bond donors (Lipinski definition) is 3. The minimum atomic E-state index is -0.525. The van der Waals surface area contributed by atoms with Crippen LogP contribution >= 0.6 is 0 Å². The molecule has 2 fully saturated rings. The molecule has 3 heterocycles. The lowest BCUT2D eigenvalue weighted by Gasteiger charge is -2.36. The lowest BCUT2D eigenvalue weighted by Crippen LogP contribution is -2.46. The van der Waals surface area contributed by atoms with Gasteiger partial charge in [0.15, 0.2) is 0 Å². The Morgan fingerprint density at radius 3 is 2.61 bits per heavy atom. The molecule has 2 aromatic rings. The van der Waals surface area contributed by atoms with Gasteiger partial charge in [-0.3, -0.25) is 14.4 Å². The number of amides is 1. The zero-order valence-electron chi connectivity index (χ0n) is 19.8. The third-order valence-corrected chi connectivity index (χ3v) is 6.89. The van der Waals surface area contributed by atoms with Gasteiger partial charge in [0.05, 0.1) is 30.5 Å². The van der Waals surface area contributed by atoms with Crippen LogP contribution in [0, 0.1) is 0 Å². The Morgan fingerprint density at radius 1 is 1.21 bits per heavy atom. The molecule has 0 aliphatic carbocycles. The lowest BCUT2D eigenvalue weighted by atomic mass is 9.99. The Kier molecular flexibility index (Phi) is 7.33. The van der Waals surface area contributed by atoms with Crippen molar-refractivity contribution in [2.75, 3.05) is 58.3 Å². The van der Waals surface area contributed by atoms with E-state index < -0.39 is 12.1 Å². The summed E-state index contributed by atoms with van der Waals surface area (Å²) in [6.45, 7) is 6.80. The second kappa shape index (κ2) is 10.2. The summed E-state index contributed by atoms with van der Waals surface area (Å²) in [6.07, 6.45) is 1.72. The van der Waals surface area contributed by atoms with E-state index in [2.05, 4.69) is 40.3 Å². The maximum atomic E-state index is 13.0. The molecule has 1 aromatic heterocycles. The van der Waals surface area contributed by atoms with Crippen LogP contribution in [0.3, 0.4) is 0 Å². The van der Waals surface area contributed by atoms with Crippen LogP contribution in [0.25, 0.3) is 11.3 Å². The average molecular weight is 457 g/mol. The molecule has 0 bridgehead atoms. The van der Waals surface area contributed by atoms with Gasteiger partial charge >= 0.3 is 0 Å². The molecule has 9 nitrogen and oxygen atoms in total. The van der Waals surface area contributed by atoms with Gasteiger partial charge in [0.2, 0.25) is 5.91 Å². The molecule has 9 heteroatoms. The molecule has 180 valence electrons. The van der Waals surface area contributed by atoms with Crippen molar-refractivity contribution >= 4 is 11.6 Å². The number of β-amino-alcohol motifs (C(OH)–C–C–N with tert-alkyl or cyclic N) is 1. The van der Waals surface area contributed by atoms with Crippen molar-refractivity contribution in [1.82, 2.24) is 24.9 Å². The van der Waals surface area contributed by atoms with E-state index in [1.165, 1.54) is 0 Å². The van der Waals surface area contributed by atoms with E-state index in [-0.39, 0.29) is 18.6 Å². The van der Waals surface area contributed by atoms with Crippen molar-refractivity contribution in [2.45, 2.75) is 38.1 Å². The van der Waals surface area contributed by atoms with Crippen LogP contribution in [-0.4, -0.2) is 101 Å². The first kappa shape index (κ1) is 23.7. The highest BCUT2D eigenvalue weighted by molar-refractivity contribution is 5.83. The van der Waals surface area contributed by atoms with Gasteiger partial charge in [-0.25, -0.2) is 0 Å². The topological polar surface area (TPSA) is 97.1 Å².